The zero-order chi connectivity index (χ0) is 24.5. The second kappa shape index (κ2) is 9.29. The average Bonchev–Trinajstić information content (AvgIpc) is 2.86. The number of aryl methyl sites for hydroxylation is 1. The Labute approximate surface area is 202 Å². The van der Waals surface area contributed by atoms with Gasteiger partial charge in [0.05, 0.1) is 11.1 Å². The molecule has 0 aliphatic carbocycles. The van der Waals surface area contributed by atoms with Crippen LogP contribution in [0.25, 0.3) is 22.0 Å². The van der Waals surface area contributed by atoms with Crippen molar-refractivity contribution < 1.29 is 9.18 Å². The number of rotatable bonds is 4. The molecule has 0 radical (unpaired) electrons. The summed E-state index contributed by atoms with van der Waals surface area (Å²) in [5, 5.41) is 4.46. The molecule has 7 nitrogen and oxygen atoms in total. The van der Waals surface area contributed by atoms with Crippen LogP contribution >= 0.6 is 0 Å². The van der Waals surface area contributed by atoms with Gasteiger partial charge in [-0.25, -0.2) is 9.97 Å². The first-order valence-electron chi connectivity index (χ1n) is 11.7. The van der Waals surface area contributed by atoms with Crippen LogP contribution in [0.15, 0.2) is 59.7 Å². The van der Waals surface area contributed by atoms with E-state index in [9.17, 15) is 14.0 Å². The largest absolute Gasteiger partial charge is 0.343 e. The van der Waals surface area contributed by atoms with Gasteiger partial charge in [-0.15, -0.1) is 0 Å². The lowest BCUT2D eigenvalue weighted by atomic mass is 9.89. The number of aromatic amines is 1. The van der Waals surface area contributed by atoms with E-state index in [2.05, 4.69) is 27.4 Å². The minimum absolute atomic E-state index is 0.131. The van der Waals surface area contributed by atoms with Crippen molar-refractivity contribution >= 4 is 28.2 Å². The molecule has 8 heteroatoms. The third-order valence-electron chi connectivity index (χ3n) is 6.65. The second-order valence-corrected chi connectivity index (χ2v) is 8.99. The number of anilines is 2. The fourth-order valence-corrected chi connectivity index (χ4v) is 4.65. The molecule has 4 aromatic rings. The maximum atomic E-state index is 13.7. The summed E-state index contributed by atoms with van der Waals surface area (Å²) in [4.78, 5) is 37.4. The fraction of sp³-hybridized carbons (Fsp3) is 0.259. The number of nitrogens with zero attached hydrogens (tertiary/aromatic N) is 3. The molecule has 178 valence electrons. The Hall–Kier alpha value is -4.07. The van der Waals surface area contributed by atoms with Crippen LogP contribution in [0.5, 0.6) is 0 Å². The van der Waals surface area contributed by atoms with Crippen LogP contribution in [0, 0.1) is 12.9 Å². The predicted octanol–water partition coefficient (Wildman–Crippen LogP) is 4.90. The number of likely N-dealkylation sites (tertiary alicyclic amines) is 1. The van der Waals surface area contributed by atoms with Gasteiger partial charge in [0.15, 0.2) is 0 Å². The number of H-pyrrole nitrogens is 1. The highest BCUT2D eigenvalue weighted by Gasteiger charge is 2.22. The van der Waals surface area contributed by atoms with E-state index in [1.54, 1.807) is 32.2 Å². The van der Waals surface area contributed by atoms with Crippen LogP contribution in [0.4, 0.5) is 15.9 Å². The Balaban J connectivity index is 1.45. The molecule has 1 fully saturated rings. The molecule has 1 aliphatic rings. The summed E-state index contributed by atoms with van der Waals surface area (Å²) in [6, 6.07) is 13.4. The van der Waals surface area contributed by atoms with Gasteiger partial charge in [-0.3, -0.25) is 9.59 Å². The summed E-state index contributed by atoms with van der Waals surface area (Å²) in [5.74, 6) is 0.450. The molecule has 2 N–H and O–H groups in total. The number of hydrogen-bond donors (Lipinski definition) is 2. The van der Waals surface area contributed by atoms with Crippen LogP contribution in [0.2, 0.25) is 0 Å². The number of piperidine rings is 1. The van der Waals surface area contributed by atoms with Gasteiger partial charge in [0.25, 0.3) is 5.56 Å². The van der Waals surface area contributed by atoms with Crippen LogP contribution in [0.1, 0.15) is 36.8 Å². The number of carbonyl (C=O) groups excluding carboxylic acids is 1. The van der Waals surface area contributed by atoms with Gasteiger partial charge >= 0.3 is 0 Å². The highest BCUT2D eigenvalue weighted by atomic mass is 19.1. The van der Waals surface area contributed by atoms with E-state index in [0.717, 1.165) is 37.0 Å². The molecule has 1 aliphatic heterocycles. The number of benzene rings is 1. The summed E-state index contributed by atoms with van der Waals surface area (Å²) >= 11 is 0. The normalized spacial score (nSPS) is 14.3. The topological polar surface area (TPSA) is 91.0 Å². The second-order valence-electron chi connectivity index (χ2n) is 8.99. The number of halogens is 1. The van der Waals surface area contributed by atoms with Crippen LogP contribution in [-0.2, 0) is 4.79 Å². The summed E-state index contributed by atoms with van der Waals surface area (Å²) in [6.45, 7) is 4.83. The first-order chi connectivity index (χ1) is 16.9. The van der Waals surface area contributed by atoms with E-state index in [1.165, 1.54) is 11.8 Å². The van der Waals surface area contributed by atoms with Gasteiger partial charge in [-0.1, -0.05) is 12.1 Å². The van der Waals surface area contributed by atoms with Crippen molar-refractivity contribution in [3.8, 4) is 11.3 Å². The third-order valence-corrected chi connectivity index (χ3v) is 6.65. The zero-order valence-electron chi connectivity index (χ0n) is 19.6. The standard InChI is InChI=1S/C27H26FN5O2/c1-16-13-21(15-30-25(16)28)23-14-20-7-10-29-27(35)24(20)26(32-23)31-22-5-3-18(4-6-22)19-8-11-33(12-9-19)17(2)34/h3-7,10,13-15,19H,8-9,11-12H2,1-2H3,(H,29,35)(H,31,32). The van der Waals surface area contributed by atoms with Gasteiger partial charge in [-0.05, 0) is 67.0 Å². The first-order valence-corrected chi connectivity index (χ1v) is 11.7. The minimum Gasteiger partial charge on any atom is -0.343 e. The van der Waals surface area contributed by atoms with E-state index in [1.807, 2.05) is 23.1 Å². The van der Waals surface area contributed by atoms with E-state index in [4.69, 9.17) is 4.98 Å². The SMILES string of the molecule is CC(=O)N1CCC(c2ccc(Nc3nc(-c4cnc(F)c(C)c4)cc4cc[nH]c(=O)c34)cc2)CC1. The molecule has 1 aromatic carbocycles. The van der Waals surface area contributed by atoms with E-state index in [-0.39, 0.29) is 11.5 Å². The maximum absolute atomic E-state index is 13.7. The lowest BCUT2D eigenvalue weighted by molar-refractivity contribution is -0.129. The number of aromatic nitrogens is 3. The van der Waals surface area contributed by atoms with Crippen molar-refractivity contribution in [2.45, 2.75) is 32.6 Å². The van der Waals surface area contributed by atoms with Gasteiger partial charge < -0.3 is 15.2 Å². The van der Waals surface area contributed by atoms with Crippen molar-refractivity contribution in [1.82, 2.24) is 19.9 Å². The molecule has 5 rings (SSSR count). The van der Waals surface area contributed by atoms with Crippen molar-refractivity contribution in [1.29, 1.82) is 0 Å². The summed E-state index contributed by atoms with van der Waals surface area (Å²) in [6.07, 6.45) is 4.93. The van der Waals surface area contributed by atoms with Gasteiger partial charge in [0.2, 0.25) is 11.9 Å². The number of carbonyl (C=O) groups is 1. The molecule has 0 atom stereocenters. The van der Waals surface area contributed by atoms with E-state index in [0.29, 0.717) is 33.9 Å². The molecule has 3 aromatic heterocycles. The minimum atomic E-state index is -0.517. The number of hydrogen-bond acceptors (Lipinski definition) is 5. The van der Waals surface area contributed by atoms with E-state index < -0.39 is 5.95 Å². The highest BCUT2D eigenvalue weighted by molar-refractivity contribution is 5.95. The number of fused-ring (bicyclic) bond motifs is 1. The molecular weight excluding hydrogens is 445 g/mol. The number of nitrogens with one attached hydrogen (secondary N) is 2. The van der Waals surface area contributed by atoms with E-state index >= 15 is 0 Å². The summed E-state index contributed by atoms with van der Waals surface area (Å²) < 4.78 is 13.7. The van der Waals surface area contributed by atoms with Gasteiger partial charge in [0, 0.05) is 49.2 Å². The summed E-state index contributed by atoms with van der Waals surface area (Å²) in [7, 11) is 0. The van der Waals surface area contributed by atoms with Crippen molar-refractivity contribution in [2.75, 3.05) is 18.4 Å². The van der Waals surface area contributed by atoms with Gasteiger partial charge in [0.1, 0.15) is 5.82 Å². The monoisotopic (exact) mass is 471 g/mol. The molecule has 4 heterocycles. The molecular formula is C27H26FN5O2. The third kappa shape index (κ3) is 4.64. The lowest BCUT2D eigenvalue weighted by Gasteiger charge is -2.31. The van der Waals surface area contributed by atoms with Crippen molar-refractivity contribution in [3.63, 3.8) is 0 Å². The van der Waals surface area contributed by atoms with Crippen molar-refractivity contribution in [2.24, 2.45) is 0 Å². The Morgan fingerprint density at radius 2 is 1.89 bits per heavy atom. The molecule has 0 unspecified atom stereocenters. The summed E-state index contributed by atoms with van der Waals surface area (Å²) in [5.41, 5.74) is 3.48. The van der Waals surface area contributed by atoms with Crippen molar-refractivity contribution in [3.05, 3.63) is 82.3 Å². The van der Waals surface area contributed by atoms with Crippen LogP contribution in [-0.4, -0.2) is 38.8 Å². The Morgan fingerprint density at radius 1 is 1.14 bits per heavy atom. The number of pyridine rings is 3. The van der Waals surface area contributed by atoms with Crippen LogP contribution < -0.4 is 10.9 Å². The molecule has 0 bridgehead atoms. The Bertz CT molecular complexity index is 1460. The van der Waals surface area contributed by atoms with Gasteiger partial charge in [-0.2, -0.15) is 4.39 Å². The fourth-order valence-electron chi connectivity index (χ4n) is 4.65. The average molecular weight is 472 g/mol. The molecule has 35 heavy (non-hydrogen) atoms. The smallest absolute Gasteiger partial charge is 0.259 e. The number of amides is 1. The Kier molecular flexibility index (Phi) is 6.03. The Morgan fingerprint density at radius 3 is 2.57 bits per heavy atom. The predicted molar refractivity (Wildman–Crippen MR) is 134 cm³/mol. The first kappa shape index (κ1) is 22.7. The highest BCUT2D eigenvalue weighted by Crippen LogP contribution is 2.31. The molecule has 1 amide bonds. The molecule has 0 spiro atoms. The molecule has 0 saturated carbocycles. The quantitative estimate of drug-likeness (QED) is 0.413. The maximum Gasteiger partial charge on any atom is 0.259 e. The zero-order valence-corrected chi connectivity index (χ0v) is 19.6. The molecule has 1 saturated heterocycles. The van der Waals surface area contributed by atoms with Crippen LogP contribution in [0.3, 0.4) is 0 Å². The lowest BCUT2D eigenvalue weighted by Crippen LogP contribution is -2.36.